The van der Waals surface area contributed by atoms with E-state index in [9.17, 15) is 4.79 Å². The lowest BCUT2D eigenvalue weighted by Gasteiger charge is -2.15. The van der Waals surface area contributed by atoms with Crippen molar-refractivity contribution in [1.29, 1.82) is 0 Å². The standard InChI is InChI=1S/C12H17N3OS/c1-8(11(13)17)14-12(16)9-5-4-6-10(7-9)15(2)3/h4-8H,1-3H3,(H2,13,17)(H,14,16). The number of benzene rings is 1. The van der Waals surface area contributed by atoms with E-state index in [0.29, 0.717) is 5.56 Å². The Kier molecular flexibility index (Phi) is 4.45. The van der Waals surface area contributed by atoms with Crippen LogP contribution in [0, 0.1) is 0 Å². The number of hydrogen-bond acceptors (Lipinski definition) is 3. The molecule has 0 bridgehead atoms. The maximum atomic E-state index is 11.9. The highest BCUT2D eigenvalue weighted by Gasteiger charge is 2.11. The van der Waals surface area contributed by atoms with Gasteiger partial charge in [0.05, 0.1) is 11.0 Å². The van der Waals surface area contributed by atoms with Crippen molar-refractivity contribution in [1.82, 2.24) is 5.32 Å². The number of carbonyl (C=O) groups is 1. The summed E-state index contributed by atoms with van der Waals surface area (Å²) >= 11 is 4.81. The van der Waals surface area contributed by atoms with E-state index in [1.165, 1.54) is 0 Å². The summed E-state index contributed by atoms with van der Waals surface area (Å²) < 4.78 is 0. The first-order chi connectivity index (χ1) is 7.91. The highest BCUT2D eigenvalue weighted by molar-refractivity contribution is 7.80. The van der Waals surface area contributed by atoms with Gasteiger partial charge in [0.15, 0.2) is 0 Å². The Morgan fingerprint density at radius 1 is 1.47 bits per heavy atom. The lowest BCUT2D eigenvalue weighted by Crippen LogP contribution is -2.41. The third-order valence-electron chi connectivity index (χ3n) is 2.40. The van der Waals surface area contributed by atoms with Crippen molar-refractivity contribution in [3.05, 3.63) is 29.8 Å². The van der Waals surface area contributed by atoms with Gasteiger partial charge in [-0.05, 0) is 25.1 Å². The number of anilines is 1. The molecule has 1 aromatic rings. The molecule has 1 atom stereocenters. The molecule has 0 heterocycles. The molecule has 1 amide bonds. The Labute approximate surface area is 107 Å². The van der Waals surface area contributed by atoms with Crippen molar-refractivity contribution < 1.29 is 4.79 Å². The summed E-state index contributed by atoms with van der Waals surface area (Å²) in [6.45, 7) is 1.76. The van der Waals surface area contributed by atoms with Crippen molar-refractivity contribution in [3.63, 3.8) is 0 Å². The summed E-state index contributed by atoms with van der Waals surface area (Å²) in [7, 11) is 3.85. The second kappa shape index (κ2) is 5.63. The highest BCUT2D eigenvalue weighted by atomic mass is 32.1. The number of amides is 1. The molecule has 0 aliphatic heterocycles. The number of hydrogen-bond donors (Lipinski definition) is 2. The van der Waals surface area contributed by atoms with Crippen LogP contribution in [0.3, 0.4) is 0 Å². The van der Waals surface area contributed by atoms with Crippen LogP contribution in [0.1, 0.15) is 17.3 Å². The fourth-order valence-electron chi connectivity index (χ4n) is 1.28. The third-order valence-corrected chi connectivity index (χ3v) is 2.75. The molecule has 0 saturated carbocycles. The van der Waals surface area contributed by atoms with Crippen LogP contribution < -0.4 is 16.0 Å². The Morgan fingerprint density at radius 3 is 2.65 bits per heavy atom. The summed E-state index contributed by atoms with van der Waals surface area (Å²) in [6.07, 6.45) is 0. The minimum absolute atomic E-state index is 0.172. The van der Waals surface area contributed by atoms with Crippen LogP contribution in [-0.4, -0.2) is 31.0 Å². The predicted octanol–water partition coefficient (Wildman–Crippen LogP) is 1.16. The van der Waals surface area contributed by atoms with Gasteiger partial charge in [-0.3, -0.25) is 4.79 Å². The van der Waals surface area contributed by atoms with Gasteiger partial charge in [-0.2, -0.15) is 0 Å². The molecule has 17 heavy (non-hydrogen) atoms. The summed E-state index contributed by atoms with van der Waals surface area (Å²) in [5.74, 6) is -0.172. The number of nitrogens with one attached hydrogen (secondary N) is 1. The second-order valence-corrected chi connectivity index (χ2v) is 4.51. The van der Waals surface area contributed by atoms with Gasteiger partial charge < -0.3 is 16.0 Å². The zero-order chi connectivity index (χ0) is 13.0. The first-order valence-electron chi connectivity index (χ1n) is 5.29. The molecule has 4 nitrogen and oxygen atoms in total. The molecule has 0 radical (unpaired) electrons. The van der Waals surface area contributed by atoms with Gasteiger partial charge in [-0.25, -0.2) is 0 Å². The molecule has 0 saturated heterocycles. The lowest BCUT2D eigenvalue weighted by molar-refractivity contribution is 0.0949. The van der Waals surface area contributed by atoms with E-state index in [4.69, 9.17) is 18.0 Å². The summed E-state index contributed by atoms with van der Waals surface area (Å²) in [4.78, 5) is 14.1. The molecule has 0 aromatic heterocycles. The summed E-state index contributed by atoms with van der Waals surface area (Å²) in [6, 6.07) is 7.06. The number of thiocarbonyl (C=S) groups is 1. The van der Waals surface area contributed by atoms with Crippen molar-refractivity contribution in [3.8, 4) is 0 Å². The van der Waals surface area contributed by atoms with Gasteiger partial charge >= 0.3 is 0 Å². The fourth-order valence-corrected chi connectivity index (χ4v) is 1.34. The van der Waals surface area contributed by atoms with Gasteiger partial charge in [0.25, 0.3) is 5.91 Å². The monoisotopic (exact) mass is 251 g/mol. The molecule has 92 valence electrons. The first-order valence-corrected chi connectivity index (χ1v) is 5.70. The average Bonchev–Trinajstić information content (AvgIpc) is 2.28. The van der Waals surface area contributed by atoms with Crippen LogP contribution in [0.5, 0.6) is 0 Å². The van der Waals surface area contributed by atoms with Gasteiger partial charge in [0.1, 0.15) is 0 Å². The minimum atomic E-state index is -0.305. The van der Waals surface area contributed by atoms with E-state index in [1.807, 2.05) is 37.2 Å². The van der Waals surface area contributed by atoms with Gasteiger partial charge in [0.2, 0.25) is 0 Å². The van der Waals surface area contributed by atoms with E-state index in [2.05, 4.69) is 5.32 Å². The maximum absolute atomic E-state index is 11.9. The SMILES string of the molecule is CC(NC(=O)c1cccc(N(C)C)c1)C(N)=S. The van der Waals surface area contributed by atoms with Crippen molar-refractivity contribution in [2.75, 3.05) is 19.0 Å². The largest absolute Gasteiger partial charge is 0.392 e. The number of nitrogens with zero attached hydrogens (tertiary/aromatic N) is 1. The molecule has 0 spiro atoms. The van der Waals surface area contributed by atoms with Gasteiger partial charge in [0, 0.05) is 25.3 Å². The summed E-state index contributed by atoms with van der Waals surface area (Å²) in [5, 5.41) is 2.74. The van der Waals surface area contributed by atoms with E-state index in [-0.39, 0.29) is 16.9 Å². The Balaban J connectivity index is 2.82. The number of rotatable bonds is 4. The van der Waals surface area contributed by atoms with E-state index < -0.39 is 0 Å². The first kappa shape index (κ1) is 13.4. The zero-order valence-electron chi connectivity index (χ0n) is 10.2. The normalized spacial score (nSPS) is 11.7. The lowest BCUT2D eigenvalue weighted by atomic mass is 10.1. The van der Waals surface area contributed by atoms with E-state index >= 15 is 0 Å². The Morgan fingerprint density at radius 2 is 2.12 bits per heavy atom. The molecule has 1 aromatic carbocycles. The van der Waals surface area contributed by atoms with Crippen LogP contribution in [-0.2, 0) is 0 Å². The highest BCUT2D eigenvalue weighted by Crippen LogP contribution is 2.13. The number of nitrogens with two attached hydrogens (primary N) is 1. The van der Waals surface area contributed by atoms with Crippen molar-refractivity contribution >= 4 is 28.8 Å². The minimum Gasteiger partial charge on any atom is -0.392 e. The van der Waals surface area contributed by atoms with E-state index in [1.54, 1.807) is 13.0 Å². The molecule has 0 aliphatic carbocycles. The van der Waals surface area contributed by atoms with Crippen LogP contribution in [0.4, 0.5) is 5.69 Å². The fraction of sp³-hybridized carbons (Fsp3) is 0.333. The van der Waals surface area contributed by atoms with Crippen LogP contribution >= 0.6 is 12.2 Å². The smallest absolute Gasteiger partial charge is 0.251 e. The molecule has 3 N–H and O–H groups in total. The summed E-state index contributed by atoms with van der Waals surface area (Å²) in [5.41, 5.74) is 7.02. The topological polar surface area (TPSA) is 58.4 Å². The van der Waals surface area contributed by atoms with Crippen molar-refractivity contribution in [2.24, 2.45) is 5.73 Å². The number of carbonyl (C=O) groups excluding carboxylic acids is 1. The quantitative estimate of drug-likeness (QED) is 0.788. The van der Waals surface area contributed by atoms with Crippen LogP contribution in [0.15, 0.2) is 24.3 Å². The third kappa shape index (κ3) is 3.71. The predicted molar refractivity (Wildman–Crippen MR) is 74.5 cm³/mol. The molecule has 1 rings (SSSR count). The Bertz CT molecular complexity index is 432. The molecule has 1 unspecified atom stereocenters. The molecule has 0 aliphatic rings. The maximum Gasteiger partial charge on any atom is 0.251 e. The van der Waals surface area contributed by atoms with Crippen LogP contribution in [0.25, 0.3) is 0 Å². The molecular weight excluding hydrogens is 234 g/mol. The van der Waals surface area contributed by atoms with Crippen molar-refractivity contribution in [2.45, 2.75) is 13.0 Å². The molecule has 0 fully saturated rings. The second-order valence-electron chi connectivity index (χ2n) is 4.04. The Hall–Kier alpha value is -1.62. The zero-order valence-corrected chi connectivity index (χ0v) is 11.0. The molecular formula is C12H17N3OS. The average molecular weight is 251 g/mol. The molecule has 5 heteroatoms. The van der Waals surface area contributed by atoms with E-state index in [0.717, 1.165) is 5.69 Å². The van der Waals surface area contributed by atoms with Crippen LogP contribution in [0.2, 0.25) is 0 Å². The van der Waals surface area contributed by atoms with Gasteiger partial charge in [-0.15, -0.1) is 0 Å². The van der Waals surface area contributed by atoms with Gasteiger partial charge in [-0.1, -0.05) is 18.3 Å².